The fourth-order valence-electron chi connectivity index (χ4n) is 1.29. The molecule has 18 heavy (non-hydrogen) atoms. The molecule has 1 N–H and O–H groups in total. The van der Waals surface area contributed by atoms with E-state index in [1.54, 1.807) is 13.0 Å². The second-order valence-electron chi connectivity index (χ2n) is 3.95. The molecule has 7 heteroatoms. The van der Waals surface area contributed by atoms with Crippen LogP contribution in [0.25, 0.3) is 0 Å². The van der Waals surface area contributed by atoms with Gasteiger partial charge in [-0.2, -0.15) is 0 Å². The molecule has 5 nitrogen and oxygen atoms in total. The molecular weight excluding hydrogens is 320 g/mol. The Hall–Kier alpha value is -0.920. The van der Waals surface area contributed by atoms with Crippen molar-refractivity contribution in [3.05, 3.63) is 23.8 Å². The Kier molecular flexibility index (Phi) is 4.89. The van der Waals surface area contributed by atoms with Crippen LogP contribution in [0.1, 0.15) is 5.56 Å². The lowest BCUT2D eigenvalue weighted by Gasteiger charge is -2.14. The molecule has 0 aliphatic carbocycles. The van der Waals surface area contributed by atoms with Crippen LogP contribution in [0.3, 0.4) is 0 Å². The van der Waals surface area contributed by atoms with Crippen molar-refractivity contribution >= 4 is 37.5 Å². The minimum absolute atomic E-state index is 0.156. The van der Waals surface area contributed by atoms with Crippen LogP contribution in [0.5, 0.6) is 0 Å². The first-order valence-electron chi connectivity index (χ1n) is 5.18. The summed E-state index contributed by atoms with van der Waals surface area (Å²) >= 11 is 3.04. The largest absolute Gasteiger partial charge is 0.325 e. The Bertz CT molecular complexity index is 555. The van der Waals surface area contributed by atoms with Gasteiger partial charge in [0, 0.05) is 19.8 Å². The number of nitrogens with zero attached hydrogens (tertiary/aromatic N) is 1. The quantitative estimate of drug-likeness (QED) is 0.850. The van der Waals surface area contributed by atoms with E-state index >= 15 is 0 Å². The molecule has 0 fully saturated rings. The lowest BCUT2D eigenvalue weighted by Crippen LogP contribution is -2.22. The van der Waals surface area contributed by atoms with E-state index in [4.69, 9.17) is 0 Å². The molecular formula is C11H15BrN2O3S. The van der Waals surface area contributed by atoms with Crippen LogP contribution in [0.2, 0.25) is 0 Å². The summed E-state index contributed by atoms with van der Waals surface area (Å²) in [6, 6.07) is 4.65. The minimum Gasteiger partial charge on any atom is -0.325 e. The zero-order valence-electron chi connectivity index (χ0n) is 10.4. The lowest BCUT2D eigenvalue weighted by atomic mass is 10.2. The number of halogens is 1. The number of nitrogens with one attached hydrogen (secondary N) is 1. The number of sulfonamides is 1. The van der Waals surface area contributed by atoms with Crippen molar-refractivity contribution < 1.29 is 13.2 Å². The average Bonchev–Trinajstić information content (AvgIpc) is 2.31. The van der Waals surface area contributed by atoms with Crippen LogP contribution in [0.4, 0.5) is 5.69 Å². The second kappa shape index (κ2) is 5.81. The predicted molar refractivity (Wildman–Crippen MR) is 74.5 cm³/mol. The Morgan fingerprint density at radius 1 is 1.39 bits per heavy atom. The smallest absolute Gasteiger partial charge is 0.242 e. The first-order valence-corrected chi connectivity index (χ1v) is 7.74. The number of aryl methyl sites for hydroxylation is 1. The summed E-state index contributed by atoms with van der Waals surface area (Å²) in [5.74, 6) is -0.225. The molecule has 0 aromatic heterocycles. The van der Waals surface area contributed by atoms with Gasteiger partial charge in [0.25, 0.3) is 0 Å². The Balaban J connectivity index is 3.20. The van der Waals surface area contributed by atoms with Gasteiger partial charge in [0.1, 0.15) is 0 Å². The summed E-state index contributed by atoms with van der Waals surface area (Å²) in [6.07, 6.45) is 0. The Labute approximate surface area is 115 Å². The SMILES string of the molecule is Cc1ccc(S(=O)(=O)N(C)C)cc1NC(=O)CBr. The van der Waals surface area contributed by atoms with E-state index in [1.165, 1.54) is 26.2 Å². The standard InChI is InChI=1S/C11H15BrN2O3S/c1-8-4-5-9(18(16,17)14(2)3)6-10(8)13-11(15)7-12/h4-6H,7H2,1-3H3,(H,13,15). The van der Waals surface area contributed by atoms with Gasteiger partial charge in [0.05, 0.1) is 10.2 Å². The molecule has 1 aromatic carbocycles. The van der Waals surface area contributed by atoms with Gasteiger partial charge < -0.3 is 5.32 Å². The van der Waals surface area contributed by atoms with E-state index in [9.17, 15) is 13.2 Å². The van der Waals surface area contributed by atoms with Gasteiger partial charge in [0.15, 0.2) is 0 Å². The maximum atomic E-state index is 12.0. The van der Waals surface area contributed by atoms with Crippen molar-refractivity contribution in [1.82, 2.24) is 4.31 Å². The van der Waals surface area contributed by atoms with E-state index < -0.39 is 10.0 Å². The highest BCUT2D eigenvalue weighted by molar-refractivity contribution is 9.09. The first-order chi connectivity index (χ1) is 8.28. The summed E-state index contributed by atoms with van der Waals surface area (Å²) in [5, 5.41) is 2.81. The van der Waals surface area contributed by atoms with Gasteiger partial charge in [-0.05, 0) is 24.6 Å². The molecule has 100 valence electrons. The molecule has 0 atom stereocenters. The molecule has 0 radical (unpaired) electrons. The topological polar surface area (TPSA) is 66.5 Å². The van der Waals surface area contributed by atoms with Crippen LogP contribution in [0, 0.1) is 6.92 Å². The highest BCUT2D eigenvalue weighted by Crippen LogP contribution is 2.21. The molecule has 0 saturated carbocycles. The average molecular weight is 335 g/mol. The number of amides is 1. The zero-order chi connectivity index (χ0) is 13.9. The second-order valence-corrected chi connectivity index (χ2v) is 6.66. The van der Waals surface area contributed by atoms with Crippen molar-refractivity contribution in [2.45, 2.75) is 11.8 Å². The molecule has 0 aliphatic rings. The van der Waals surface area contributed by atoms with Crippen molar-refractivity contribution in [2.24, 2.45) is 0 Å². The predicted octanol–water partition coefficient (Wildman–Crippen LogP) is 1.58. The van der Waals surface area contributed by atoms with E-state index in [0.717, 1.165) is 9.87 Å². The number of benzene rings is 1. The molecule has 0 spiro atoms. The molecule has 1 rings (SSSR count). The van der Waals surface area contributed by atoms with E-state index in [2.05, 4.69) is 21.2 Å². The number of hydrogen-bond donors (Lipinski definition) is 1. The Morgan fingerprint density at radius 3 is 2.50 bits per heavy atom. The van der Waals surface area contributed by atoms with Gasteiger partial charge in [0.2, 0.25) is 15.9 Å². The lowest BCUT2D eigenvalue weighted by molar-refractivity contribution is -0.113. The molecule has 0 bridgehead atoms. The summed E-state index contributed by atoms with van der Waals surface area (Å²) in [6.45, 7) is 1.80. The van der Waals surface area contributed by atoms with Gasteiger partial charge >= 0.3 is 0 Å². The van der Waals surface area contributed by atoms with Gasteiger partial charge in [-0.25, -0.2) is 12.7 Å². The summed E-state index contributed by atoms with van der Waals surface area (Å²) in [5.41, 5.74) is 1.31. The van der Waals surface area contributed by atoms with Gasteiger partial charge in [-0.1, -0.05) is 22.0 Å². The van der Waals surface area contributed by atoms with E-state index in [1.807, 2.05) is 0 Å². The number of carbonyl (C=O) groups is 1. The van der Waals surface area contributed by atoms with Crippen LogP contribution in [-0.2, 0) is 14.8 Å². The summed E-state index contributed by atoms with van der Waals surface area (Å²) in [7, 11) is -0.560. The molecule has 0 saturated heterocycles. The normalized spacial score (nSPS) is 11.6. The summed E-state index contributed by atoms with van der Waals surface area (Å²) in [4.78, 5) is 11.5. The molecule has 0 heterocycles. The number of carbonyl (C=O) groups excluding carboxylic acids is 1. The number of alkyl halides is 1. The van der Waals surface area contributed by atoms with Crippen LogP contribution >= 0.6 is 15.9 Å². The molecule has 0 unspecified atom stereocenters. The highest BCUT2D eigenvalue weighted by Gasteiger charge is 2.18. The third kappa shape index (κ3) is 3.30. The summed E-state index contributed by atoms with van der Waals surface area (Å²) < 4.78 is 25.0. The van der Waals surface area contributed by atoms with Crippen molar-refractivity contribution in [1.29, 1.82) is 0 Å². The van der Waals surface area contributed by atoms with Gasteiger partial charge in [-0.3, -0.25) is 4.79 Å². The molecule has 1 aromatic rings. The third-order valence-corrected chi connectivity index (χ3v) is 4.70. The third-order valence-electron chi connectivity index (χ3n) is 2.38. The first kappa shape index (κ1) is 15.1. The molecule has 0 aliphatic heterocycles. The maximum absolute atomic E-state index is 12.0. The zero-order valence-corrected chi connectivity index (χ0v) is 12.8. The number of anilines is 1. The van der Waals surface area contributed by atoms with Crippen LogP contribution in [0.15, 0.2) is 23.1 Å². The van der Waals surface area contributed by atoms with Crippen molar-refractivity contribution in [3.8, 4) is 0 Å². The Morgan fingerprint density at radius 2 is 2.00 bits per heavy atom. The minimum atomic E-state index is -3.49. The van der Waals surface area contributed by atoms with Gasteiger partial charge in [-0.15, -0.1) is 0 Å². The monoisotopic (exact) mass is 334 g/mol. The van der Waals surface area contributed by atoms with Crippen LogP contribution in [-0.4, -0.2) is 38.1 Å². The maximum Gasteiger partial charge on any atom is 0.242 e. The highest BCUT2D eigenvalue weighted by atomic mass is 79.9. The fraction of sp³-hybridized carbons (Fsp3) is 0.364. The van der Waals surface area contributed by atoms with E-state index in [-0.39, 0.29) is 16.1 Å². The molecule has 1 amide bonds. The fourth-order valence-corrected chi connectivity index (χ4v) is 2.36. The van der Waals surface area contributed by atoms with Crippen molar-refractivity contribution in [2.75, 3.05) is 24.7 Å². The van der Waals surface area contributed by atoms with E-state index in [0.29, 0.717) is 5.69 Å². The van der Waals surface area contributed by atoms with Crippen molar-refractivity contribution in [3.63, 3.8) is 0 Å². The van der Waals surface area contributed by atoms with Crippen LogP contribution < -0.4 is 5.32 Å². The number of hydrogen-bond acceptors (Lipinski definition) is 3. The number of rotatable bonds is 4.